The van der Waals surface area contributed by atoms with Crippen LogP contribution in [0.5, 0.6) is 0 Å². The quantitative estimate of drug-likeness (QED) is 0.126. The first-order valence-corrected chi connectivity index (χ1v) is 14.9. The molecule has 15 heteroatoms. The molecule has 0 bridgehead atoms. The average molecular weight is 685 g/mol. The molecule has 0 aliphatic heterocycles. The second kappa shape index (κ2) is 14.5. The number of allylic oxidation sites excluding steroid dienone is 3. The van der Waals surface area contributed by atoms with Crippen molar-refractivity contribution in [2.45, 2.75) is 90.3 Å². The average Bonchev–Trinajstić information content (AvgIpc) is 3.43. The zero-order chi connectivity index (χ0) is 36.1. The number of aromatic nitrogens is 3. The first kappa shape index (κ1) is 38.2. The summed E-state index contributed by atoms with van der Waals surface area (Å²) >= 11 is 0. The fraction of sp³-hybridized carbons (Fsp3) is 0.485. The number of rotatable bonds is 13. The van der Waals surface area contributed by atoms with Gasteiger partial charge in [0.2, 0.25) is 5.60 Å². The molecule has 2 aromatic heterocycles. The molecule has 2 heterocycles. The van der Waals surface area contributed by atoms with Gasteiger partial charge in [-0.25, -0.2) is 9.78 Å². The third-order valence-electron chi connectivity index (χ3n) is 6.98. The van der Waals surface area contributed by atoms with Crippen LogP contribution in [-0.2, 0) is 21.3 Å². The summed E-state index contributed by atoms with van der Waals surface area (Å²) < 4.78 is 104. The number of ether oxygens (including phenoxy) is 2. The van der Waals surface area contributed by atoms with Gasteiger partial charge in [-0.3, -0.25) is 10.1 Å². The maximum absolute atomic E-state index is 14.8. The monoisotopic (exact) mass is 684 g/mol. The summed E-state index contributed by atoms with van der Waals surface area (Å²) in [5, 5.41) is 9.36. The van der Waals surface area contributed by atoms with Crippen molar-refractivity contribution in [3.05, 3.63) is 72.3 Å². The Bertz CT molecular complexity index is 1580. The number of pyridine rings is 1. The number of hydrogen-bond donors (Lipinski definition) is 1. The molecule has 1 amide bonds. The summed E-state index contributed by atoms with van der Waals surface area (Å²) in [5.41, 5.74) is -8.66. The fourth-order valence-corrected chi connectivity index (χ4v) is 4.79. The van der Waals surface area contributed by atoms with Crippen LogP contribution in [0, 0.1) is 5.41 Å². The van der Waals surface area contributed by atoms with E-state index in [4.69, 9.17) is 13.9 Å². The van der Waals surface area contributed by atoms with Gasteiger partial charge < -0.3 is 13.9 Å². The summed E-state index contributed by atoms with van der Waals surface area (Å²) in [7, 11) is 0. The Morgan fingerprint density at radius 1 is 1.00 bits per heavy atom. The van der Waals surface area contributed by atoms with Crippen molar-refractivity contribution in [1.29, 1.82) is 0 Å². The molecule has 0 spiro atoms. The van der Waals surface area contributed by atoms with Crippen LogP contribution < -0.4 is 5.32 Å². The minimum absolute atomic E-state index is 0.272. The Balaban J connectivity index is 2.25. The molecule has 262 valence electrons. The highest BCUT2D eigenvalue weighted by Crippen LogP contribution is 2.46. The van der Waals surface area contributed by atoms with Crippen molar-refractivity contribution >= 4 is 17.6 Å². The second-order valence-electron chi connectivity index (χ2n) is 12.9. The van der Waals surface area contributed by atoms with E-state index in [9.17, 15) is 35.9 Å². The highest BCUT2D eigenvalue weighted by atomic mass is 19.4. The predicted molar refractivity (Wildman–Crippen MR) is 165 cm³/mol. The molecule has 1 N–H and O–H groups in total. The highest BCUT2D eigenvalue weighted by Gasteiger charge is 2.61. The zero-order valence-electron chi connectivity index (χ0n) is 27.3. The van der Waals surface area contributed by atoms with Gasteiger partial charge in [-0.2, -0.15) is 26.3 Å². The lowest BCUT2D eigenvalue weighted by molar-refractivity contribution is -0.289. The zero-order valence-corrected chi connectivity index (χ0v) is 27.3. The first-order chi connectivity index (χ1) is 22.1. The van der Waals surface area contributed by atoms with E-state index in [0.29, 0.717) is 24.5 Å². The van der Waals surface area contributed by atoms with Gasteiger partial charge in [0.05, 0.1) is 17.9 Å². The van der Waals surface area contributed by atoms with Crippen LogP contribution in [0.3, 0.4) is 0 Å². The highest BCUT2D eigenvalue weighted by molar-refractivity contribution is 5.98. The smallest absolute Gasteiger partial charge is 0.426 e. The number of ketones is 1. The van der Waals surface area contributed by atoms with Crippen LogP contribution in [0.25, 0.3) is 11.6 Å². The number of anilines is 1. The molecular weight excluding hydrogens is 646 g/mol. The molecular formula is C33H38F6N4O5. The molecule has 0 saturated carbocycles. The summed E-state index contributed by atoms with van der Waals surface area (Å²) in [4.78, 5) is 30.0. The summed E-state index contributed by atoms with van der Waals surface area (Å²) in [6.45, 7) is 14.3. The van der Waals surface area contributed by atoms with Crippen molar-refractivity contribution in [1.82, 2.24) is 15.2 Å². The van der Waals surface area contributed by atoms with Crippen LogP contribution in [0.4, 0.5) is 36.8 Å². The van der Waals surface area contributed by atoms with Crippen LogP contribution in [0.1, 0.15) is 88.7 Å². The number of nitrogens with one attached hydrogen (secondary N) is 1. The maximum Gasteiger partial charge on any atom is 0.426 e. The van der Waals surface area contributed by atoms with Crippen molar-refractivity contribution < 1.29 is 49.8 Å². The molecule has 1 unspecified atom stereocenters. The molecule has 0 radical (unpaired) electrons. The van der Waals surface area contributed by atoms with Gasteiger partial charge in [0.1, 0.15) is 11.3 Å². The fourth-order valence-electron chi connectivity index (χ4n) is 4.79. The SMILES string of the molecule is C=CCC(C)(C)CC(=O)c1nc(-c2nnc(C(CC=C)(OCC3=CCCC=C3)C(F)(F)F)o2)c(NC(=O)OC(C)(C)C)cc1C(F)(F)F. The van der Waals surface area contributed by atoms with Gasteiger partial charge in [0, 0.05) is 12.8 Å². The number of halogens is 6. The normalized spacial score (nSPS) is 15.4. The lowest BCUT2D eigenvalue weighted by atomic mass is 9.83. The summed E-state index contributed by atoms with van der Waals surface area (Å²) in [6, 6.07) is 0.420. The van der Waals surface area contributed by atoms with Crippen LogP contribution in [0.2, 0.25) is 0 Å². The number of alkyl halides is 6. The third-order valence-corrected chi connectivity index (χ3v) is 6.98. The van der Waals surface area contributed by atoms with E-state index >= 15 is 0 Å². The minimum atomic E-state index is -5.15. The third kappa shape index (κ3) is 9.42. The van der Waals surface area contributed by atoms with Crippen molar-refractivity contribution in [2.75, 3.05) is 11.9 Å². The first-order valence-electron chi connectivity index (χ1n) is 14.9. The molecule has 0 fully saturated rings. The largest absolute Gasteiger partial charge is 0.444 e. The van der Waals surface area contributed by atoms with E-state index in [-0.39, 0.29) is 6.42 Å². The minimum Gasteiger partial charge on any atom is -0.444 e. The van der Waals surface area contributed by atoms with Crippen molar-refractivity contribution in [2.24, 2.45) is 5.41 Å². The Labute approximate surface area is 274 Å². The molecule has 1 atom stereocenters. The van der Waals surface area contributed by atoms with Crippen LogP contribution in [0.15, 0.2) is 59.6 Å². The predicted octanol–water partition coefficient (Wildman–Crippen LogP) is 9.30. The van der Waals surface area contributed by atoms with Crippen molar-refractivity contribution in [3.8, 4) is 11.6 Å². The molecule has 1 aliphatic carbocycles. The molecule has 2 aromatic rings. The number of carbonyl (C=O) groups excluding carboxylic acids is 2. The molecule has 9 nitrogen and oxygen atoms in total. The maximum atomic E-state index is 14.8. The number of hydrogen-bond acceptors (Lipinski definition) is 8. The topological polar surface area (TPSA) is 116 Å². The molecule has 48 heavy (non-hydrogen) atoms. The second-order valence-corrected chi connectivity index (χ2v) is 12.9. The van der Waals surface area contributed by atoms with E-state index in [2.05, 4.69) is 33.7 Å². The molecule has 0 saturated heterocycles. The van der Waals surface area contributed by atoms with E-state index < -0.39 is 94.7 Å². The lowest BCUT2D eigenvalue weighted by Gasteiger charge is -2.32. The van der Waals surface area contributed by atoms with Gasteiger partial charge in [0.25, 0.3) is 11.8 Å². The van der Waals surface area contributed by atoms with Gasteiger partial charge in [-0.1, -0.05) is 44.2 Å². The molecule has 0 aromatic carbocycles. The van der Waals surface area contributed by atoms with Gasteiger partial charge >= 0.3 is 18.4 Å². The van der Waals surface area contributed by atoms with Crippen LogP contribution in [-0.4, -0.2) is 45.4 Å². The number of Topliss-reactive ketones (excluding diaryl/α,β-unsaturated/α-hetero) is 1. The van der Waals surface area contributed by atoms with E-state index in [0.717, 1.165) is 6.08 Å². The summed E-state index contributed by atoms with van der Waals surface area (Å²) in [6.07, 6.45) is -3.66. The van der Waals surface area contributed by atoms with Gasteiger partial charge in [0.15, 0.2) is 11.5 Å². The van der Waals surface area contributed by atoms with Gasteiger partial charge in [-0.15, -0.1) is 23.4 Å². The Kier molecular flexibility index (Phi) is 11.5. The van der Waals surface area contributed by atoms with Gasteiger partial charge in [-0.05, 0) is 57.1 Å². The summed E-state index contributed by atoms with van der Waals surface area (Å²) in [5.74, 6) is -2.97. The Morgan fingerprint density at radius 3 is 2.21 bits per heavy atom. The van der Waals surface area contributed by atoms with Crippen molar-refractivity contribution in [3.63, 3.8) is 0 Å². The Morgan fingerprint density at radius 2 is 1.67 bits per heavy atom. The standard InChI is InChI=1S/C33H38F6N4O5/c1-8-15-30(6,7)18-23(44)24-21(32(34,35)36)17-22(40-28(45)48-29(3,4)5)25(41-24)26-42-43-27(47-26)31(16-9-2,33(37,38)39)46-19-20-13-11-10-12-14-20/h8-9,11,13-14,17H,1-2,10,12,15-16,18-19H2,3-7H3,(H,40,45). The number of nitrogens with zero attached hydrogens (tertiary/aromatic N) is 3. The van der Waals surface area contributed by atoms with E-state index in [1.165, 1.54) is 26.8 Å². The lowest BCUT2D eigenvalue weighted by Crippen LogP contribution is -2.45. The molecule has 3 rings (SSSR count). The number of amides is 1. The Hall–Kier alpha value is -4.27. The van der Waals surface area contributed by atoms with E-state index in [1.54, 1.807) is 32.1 Å². The number of carbonyl (C=O) groups is 2. The molecule has 1 aliphatic rings. The van der Waals surface area contributed by atoms with E-state index in [1.807, 2.05) is 0 Å². The van der Waals surface area contributed by atoms with Crippen LogP contribution >= 0.6 is 0 Å².